The molecule has 1 aliphatic heterocycles. The smallest absolute Gasteiger partial charge is 0.261 e. The highest BCUT2D eigenvalue weighted by Crippen LogP contribution is 2.27. The first-order valence-corrected chi connectivity index (χ1v) is 13.1. The molecule has 182 valence electrons. The number of hydrogen-bond acceptors (Lipinski definition) is 4. The Hall–Kier alpha value is -3.65. The van der Waals surface area contributed by atoms with Gasteiger partial charge in [-0.25, -0.2) is 8.42 Å². The van der Waals surface area contributed by atoms with E-state index in [9.17, 15) is 18.0 Å². The number of carbonyl (C=O) groups is 2. The zero-order valence-corrected chi connectivity index (χ0v) is 20.9. The molecule has 1 fully saturated rings. The minimum Gasteiger partial charge on any atom is -0.326 e. The number of nitrogens with one attached hydrogen (secondary N) is 2. The molecule has 1 atom stereocenters. The van der Waals surface area contributed by atoms with Gasteiger partial charge in [-0.15, -0.1) is 0 Å². The predicted octanol–water partition coefficient (Wildman–Crippen LogP) is 4.66. The number of sulfonamides is 1. The van der Waals surface area contributed by atoms with Crippen LogP contribution >= 0.6 is 0 Å². The third kappa shape index (κ3) is 5.38. The molecule has 1 heterocycles. The Morgan fingerprint density at radius 2 is 1.60 bits per heavy atom. The third-order valence-corrected chi connectivity index (χ3v) is 7.67. The maximum Gasteiger partial charge on any atom is 0.261 e. The lowest BCUT2D eigenvalue weighted by Gasteiger charge is -2.17. The Kier molecular flexibility index (Phi) is 6.93. The van der Waals surface area contributed by atoms with Crippen LogP contribution in [0.1, 0.15) is 30.0 Å². The molecule has 4 rings (SSSR count). The molecular formula is C27H29N3O4S. The molecule has 2 amide bonds. The quantitative estimate of drug-likeness (QED) is 0.503. The molecule has 2 N–H and O–H groups in total. The minimum absolute atomic E-state index is 0.0894. The highest BCUT2D eigenvalue weighted by molar-refractivity contribution is 7.92. The lowest BCUT2D eigenvalue weighted by molar-refractivity contribution is -0.122. The second-order valence-electron chi connectivity index (χ2n) is 8.81. The predicted molar refractivity (Wildman–Crippen MR) is 138 cm³/mol. The first-order valence-electron chi connectivity index (χ1n) is 11.6. The van der Waals surface area contributed by atoms with E-state index in [4.69, 9.17) is 0 Å². The molecule has 1 aliphatic rings. The fraction of sp³-hybridized carbons (Fsp3) is 0.259. The summed E-state index contributed by atoms with van der Waals surface area (Å²) in [6.07, 6.45) is 1.05. The van der Waals surface area contributed by atoms with E-state index < -0.39 is 15.9 Å². The molecule has 0 aliphatic carbocycles. The fourth-order valence-electron chi connectivity index (χ4n) is 4.17. The number of anilines is 3. The van der Waals surface area contributed by atoms with Crippen molar-refractivity contribution in [2.45, 2.75) is 38.5 Å². The Balaban J connectivity index is 1.41. The summed E-state index contributed by atoms with van der Waals surface area (Å²) in [5.41, 5.74) is 4.67. The number of aryl methyl sites for hydroxylation is 3. The van der Waals surface area contributed by atoms with E-state index in [0.717, 1.165) is 23.2 Å². The van der Waals surface area contributed by atoms with Crippen molar-refractivity contribution in [2.24, 2.45) is 5.92 Å². The van der Waals surface area contributed by atoms with Crippen molar-refractivity contribution in [3.8, 4) is 0 Å². The summed E-state index contributed by atoms with van der Waals surface area (Å²) in [6.45, 7) is 6.07. The largest absolute Gasteiger partial charge is 0.326 e. The van der Waals surface area contributed by atoms with Gasteiger partial charge in [-0.3, -0.25) is 14.3 Å². The fourth-order valence-corrected chi connectivity index (χ4v) is 5.38. The summed E-state index contributed by atoms with van der Waals surface area (Å²) in [5, 5.41) is 2.81. The van der Waals surface area contributed by atoms with Crippen LogP contribution in [0.25, 0.3) is 0 Å². The van der Waals surface area contributed by atoms with Crippen molar-refractivity contribution in [3.63, 3.8) is 0 Å². The van der Waals surface area contributed by atoms with Crippen molar-refractivity contribution >= 4 is 38.9 Å². The van der Waals surface area contributed by atoms with E-state index in [-0.39, 0.29) is 23.1 Å². The summed E-state index contributed by atoms with van der Waals surface area (Å²) < 4.78 is 28.4. The number of nitrogens with zero attached hydrogens (tertiary/aromatic N) is 1. The second kappa shape index (κ2) is 9.92. The van der Waals surface area contributed by atoms with Crippen LogP contribution in [-0.4, -0.2) is 26.8 Å². The topological polar surface area (TPSA) is 95.6 Å². The first-order chi connectivity index (χ1) is 16.7. The molecule has 7 nitrogen and oxygen atoms in total. The Bertz CT molecular complexity index is 1330. The van der Waals surface area contributed by atoms with Crippen LogP contribution in [0.15, 0.2) is 71.6 Å². The van der Waals surface area contributed by atoms with Crippen molar-refractivity contribution in [1.29, 1.82) is 0 Å². The summed E-state index contributed by atoms with van der Waals surface area (Å²) in [6, 6.07) is 19.4. The number of carbonyl (C=O) groups excluding carboxylic acids is 2. The van der Waals surface area contributed by atoms with Crippen molar-refractivity contribution < 1.29 is 18.0 Å². The van der Waals surface area contributed by atoms with Crippen LogP contribution in [0.2, 0.25) is 0 Å². The van der Waals surface area contributed by atoms with E-state index in [1.165, 1.54) is 17.7 Å². The number of amides is 2. The molecule has 35 heavy (non-hydrogen) atoms. The van der Waals surface area contributed by atoms with Crippen LogP contribution in [0.5, 0.6) is 0 Å². The van der Waals surface area contributed by atoms with Crippen LogP contribution in [0.3, 0.4) is 0 Å². The third-order valence-electron chi connectivity index (χ3n) is 6.30. The maximum atomic E-state index is 12.9. The van der Waals surface area contributed by atoms with Gasteiger partial charge in [0.15, 0.2) is 0 Å². The van der Waals surface area contributed by atoms with Crippen molar-refractivity contribution in [1.82, 2.24) is 0 Å². The van der Waals surface area contributed by atoms with Crippen molar-refractivity contribution in [3.05, 3.63) is 83.4 Å². The van der Waals surface area contributed by atoms with Crippen LogP contribution in [0.4, 0.5) is 17.1 Å². The standard InChI is InChI=1S/C27H29N3O4S/c1-4-20-8-12-23(13-9-20)30-17-21(16-25(30)31)27(32)28-22-10-14-24(15-11-22)35(33,34)29-26-18(2)6-5-7-19(26)3/h5-15,21,29H,4,16-17H2,1-3H3,(H,28,32). The molecule has 0 saturated carbocycles. The lowest BCUT2D eigenvalue weighted by atomic mass is 10.1. The van der Waals surface area contributed by atoms with Gasteiger partial charge in [0.2, 0.25) is 11.8 Å². The summed E-state index contributed by atoms with van der Waals surface area (Å²) in [4.78, 5) is 27.1. The summed E-state index contributed by atoms with van der Waals surface area (Å²) in [5.74, 6) is -0.842. The second-order valence-corrected chi connectivity index (χ2v) is 10.5. The maximum absolute atomic E-state index is 12.9. The highest BCUT2D eigenvalue weighted by Gasteiger charge is 2.35. The van der Waals surface area contributed by atoms with Crippen molar-refractivity contribution in [2.75, 3.05) is 21.5 Å². The van der Waals surface area contributed by atoms with Gasteiger partial charge in [0.25, 0.3) is 10.0 Å². The van der Waals surface area contributed by atoms with Crippen LogP contribution in [-0.2, 0) is 26.0 Å². The zero-order chi connectivity index (χ0) is 25.2. The zero-order valence-electron chi connectivity index (χ0n) is 20.0. The SMILES string of the molecule is CCc1ccc(N2CC(C(=O)Nc3ccc(S(=O)(=O)Nc4c(C)cccc4C)cc3)CC2=O)cc1. The lowest BCUT2D eigenvalue weighted by Crippen LogP contribution is -2.28. The van der Waals surface area contributed by atoms with Gasteiger partial charge in [-0.1, -0.05) is 37.3 Å². The van der Waals surface area contributed by atoms with Crippen LogP contribution < -0.4 is 14.9 Å². The molecule has 1 unspecified atom stereocenters. The van der Waals surface area contributed by atoms with E-state index in [1.807, 2.05) is 56.3 Å². The molecule has 3 aromatic carbocycles. The molecule has 0 radical (unpaired) electrons. The Morgan fingerprint density at radius 3 is 2.20 bits per heavy atom. The molecule has 0 spiro atoms. The van der Waals surface area contributed by atoms with Gasteiger partial charge < -0.3 is 10.2 Å². The van der Waals surface area contributed by atoms with E-state index in [1.54, 1.807) is 17.0 Å². The molecular weight excluding hydrogens is 462 g/mol. The normalized spacial score (nSPS) is 15.8. The van der Waals surface area contributed by atoms with Gasteiger partial charge >= 0.3 is 0 Å². The van der Waals surface area contributed by atoms with E-state index in [2.05, 4.69) is 17.0 Å². The first kappa shape index (κ1) is 24.5. The number of hydrogen-bond donors (Lipinski definition) is 2. The van der Waals surface area contributed by atoms with Gasteiger partial charge in [0.1, 0.15) is 0 Å². The molecule has 8 heteroatoms. The minimum atomic E-state index is -3.78. The van der Waals surface area contributed by atoms with Gasteiger partial charge in [-0.2, -0.15) is 0 Å². The number of rotatable bonds is 7. The molecule has 3 aromatic rings. The Labute approximate surface area is 206 Å². The van der Waals surface area contributed by atoms with Gasteiger partial charge in [0, 0.05) is 24.3 Å². The van der Waals surface area contributed by atoms with E-state index in [0.29, 0.717) is 17.9 Å². The van der Waals surface area contributed by atoms with Gasteiger partial charge in [-0.05, 0) is 73.4 Å². The molecule has 1 saturated heterocycles. The van der Waals surface area contributed by atoms with Gasteiger partial charge in [0.05, 0.1) is 16.5 Å². The average molecular weight is 492 g/mol. The highest BCUT2D eigenvalue weighted by atomic mass is 32.2. The summed E-state index contributed by atoms with van der Waals surface area (Å²) >= 11 is 0. The van der Waals surface area contributed by atoms with E-state index >= 15 is 0 Å². The number of para-hydroxylation sites is 1. The average Bonchev–Trinajstić information content (AvgIpc) is 3.24. The number of benzene rings is 3. The molecule has 0 bridgehead atoms. The Morgan fingerprint density at radius 1 is 0.971 bits per heavy atom. The van der Waals surface area contributed by atoms with Crippen LogP contribution in [0, 0.1) is 19.8 Å². The summed E-state index contributed by atoms with van der Waals surface area (Å²) in [7, 11) is -3.78. The molecule has 0 aromatic heterocycles. The monoisotopic (exact) mass is 491 g/mol.